The minimum atomic E-state index is 0.650. The summed E-state index contributed by atoms with van der Waals surface area (Å²) >= 11 is 5.43. The number of rotatable bonds is 1. The van der Waals surface area contributed by atoms with Gasteiger partial charge in [-0.25, -0.2) is 4.98 Å². The lowest BCUT2D eigenvalue weighted by Crippen LogP contribution is -2.01. The smallest absolute Gasteiger partial charge is 0.153 e. The Kier molecular flexibility index (Phi) is 2.66. The first kappa shape index (κ1) is 11.8. The first-order chi connectivity index (χ1) is 9.86. The van der Waals surface area contributed by atoms with E-state index in [2.05, 4.69) is 29.9 Å². The third kappa shape index (κ3) is 1.62. The maximum atomic E-state index is 5.43. The molecule has 6 nitrogen and oxygen atoms in total. The van der Waals surface area contributed by atoms with Crippen LogP contribution in [0.15, 0.2) is 12.5 Å². The average Bonchev–Trinajstić information content (AvgIpc) is 2.99. The normalized spacial score (nSPS) is 15.2. The van der Waals surface area contributed by atoms with E-state index in [0.29, 0.717) is 4.64 Å². The Balaban J connectivity index is 2.14. The third-order valence-corrected chi connectivity index (χ3v) is 4.23. The van der Waals surface area contributed by atoms with Crippen LogP contribution in [0.5, 0.6) is 0 Å². The standard InChI is InChI=1S/C13H14N6S/c20-13-12-11(14-7-15-13)10(8-6-16-18-17-8)9-4-2-1-3-5-19(9)12/h6-7H,1-5H2,(H,14,15,20)(H,16,17,18). The molecule has 4 rings (SSSR count). The first-order valence-corrected chi connectivity index (χ1v) is 7.22. The van der Waals surface area contributed by atoms with Gasteiger partial charge < -0.3 is 9.55 Å². The van der Waals surface area contributed by atoms with Crippen LogP contribution in [0, 0.1) is 4.64 Å². The molecule has 0 saturated heterocycles. The Morgan fingerprint density at radius 3 is 3.05 bits per heavy atom. The molecule has 3 aromatic heterocycles. The molecule has 0 atom stereocenters. The van der Waals surface area contributed by atoms with Crippen LogP contribution in [0.3, 0.4) is 0 Å². The van der Waals surface area contributed by atoms with Gasteiger partial charge >= 0.3 is 0 Å². The van der Waals surface area contributed by atoms with Crippen LogP contribution in [0.25, 0.3) is 22.3 Å². The van der Waals surface area contributed by atoms with E-state index in [1.807, 2.05) is 0 Å². The zero-order valence-corrected chi connectivity index (χ0v) is 11.7. The zero-order chi connectivity index (χ0) is 13.5. The van der Waals surface area contributed by atoms with Crippen molar-refractivity contribution in [2.45, 2.75) is 32.2 Å². The second-order valence-electron chi connectivity index (χ2n) is 5.07. The van der Waals surface area contributed by atoms with E-state index in [0.717, 1.165) is 35.3 Å². The van der Waals surface area contributed by atoms with Crippen LogP contribution in [0.2, 0.25) is 0 Å². The molecule has 1 aliphatic rings. The highest BCUT2D eigenvalue weighted by atomic mass is 32.1. The Labute approximate surface area is 120 Å². The fraction of sp³-hybridized carbons (Fsp3) is 0.385. The Bertz CT molecular complexity index is 813. The molecule has 4 heterocycles. The molecular weight excluding hydrogens is 272 g/mol. The quantitative estimate of drug-likeness (QED) is 0.674. The fourth-order valence-corrected chi connectivity index (χ4v) is 3.36. The van der Waals surface area contributed by atoms with E-state index >= 15 is 0 Å². The molecule has 0 radical (unpaired) electrons. The Morgan fingerprint density at radius 2 is 2.20 bits per heavy atom. The van der Waals surface area contributed by atoms with E-state index in [-0.39, 0.29) is 0 Å². The SMILES string of the molecule is S=c1nc[nH]c2c(-c3cn[nH]n3)c3n(c12)CCCCC3. The first-order valence-electron chi connectivity index (χ1n) is 6.81. The second-order valence-corrected chi connectivity index (χ2v) is 5.46. The van der Waals surface area contributed by atoms with Crippen molar-refractivity contribution < 1.29 is 0 Å². The van der Waals surface area contributed by atoms with E-state index in [1.54, 1.807) is 12.5 Å². The predicted molar refractivity (Wildman–Crippen MR) is 77.8 cm³/mol. The van der Waals surface area contributed by atoms with Crippen molar-refractivity contribution in [3.8, 4) is 11.3 Å². The van der Waals surface area contributed by atoms with Crippen LogP contribution < -0.4 is 0 Å². The van der Waals surface area contributed by atoms with Gasteiger partial charge in [0.2, 0.25) is 0 Å². The monoisotopic (exact) mass is 286 g/mol. The Hall–Kier alpha value is -2.02. The van der Waals surface area contributed by atoms with Gasteiger partial charge in [0.1, 0.15) is 11.2 Å². The summed E-state index contributed by atoms with van der Waals surface area (Å²) < 4.78 is 2.97. The molecule has 0 spiro atoms. The van der Waals surface area contributed by atoms with E-state index in [1.165, 1.54) is 25.0 Å². The van der Waals surface area contributed by atoms with Crippen molar-refractivity contribution in [3.63, 3.8) is 0 Å². The van der Waals surface area contributed by atoms with Crippen LogP contribution in [0.4, 0.5) is 0 Å². The molecule has 0 aliphatic carbocycles. The highest BCUT2D eigenvalue weighted by molar-refractivity contribution is 7.71. The molecule has 102 valence electrons. The molecule has 0 aromatic carbocycles. The molecule has 0 amide bonds. The fourth-order valence-electron chi connectivity index (χ4n) is 3.09. The number of aryl methyl sites for hydroxylation is 1. The highest BCUT2D eigenvalue weighted by Crippen LogP contribution is 2.35. The Morgan fingerprint density at radius 1 is 1.25 bits per heavy atom. The topological polar surface area (TPSA) is 75.2 Å². The van der Waals surface area contributed by atoms with Crippen molar-refractivity contribution in [2.75, 3.05) is 0 Å². The maximum absolute atomic E-state index is 5.43. The summed E-state index contributed by atoms with van der Waals surface area (Å²) in [6.07, 6.45) is 8.09. The summed E-state index contributed by atoms with van der Waals surface area (Å²) in [7, 11) is 0. The van der Waals surface area contributed by atoms with Gasteiger partial charge in [0.15, 0.2) is 4.64 Å². The largest absolute Gasteiger partial charge is 0.344 e. The minimum Gasteiger partial charge on any atom is -0.344 e. The lowest BCUT2D eigenvalue weighted by atomic mass is 10.1. The minimum absolute atomic E-state index is 0.650. The summed E-state index contributed by atoms with van der Waals surface area (Å²) in [6, 6.07) is 0. The summed E-state index contributed by atoms with van der Waals surface area (Å²) in [5.41, 5.74) is 5.32. The summed E-state index contributed by atoms with van der Waals surface area (Å²) in [5.74, 6) is 0. The maximum Gasteiger partial charge on any atom is 0.153 e. The number of nitrogens with zero attached hydrogens (tertiary/aromatic N) is 4. The molecule has 0 unspecified atom stereocenters. The van der Waals surface area contributed by atoms with Crippen LogP contribution in [0.1, 0.15) is 25.0 Å². The lowest BCUT2D eigenvalue weighted by Gasteiger charge is -2.06. The predicted octanol–water partition coefficient (Wildman–Crippen LogP) is 2.61. The van der Waals surface area contributed by atoms with Gasteiger partial charge in [0, 0.05) is 17.8 Å². The molecule has 0 saturated carbocycles. The molecular formula is C13H14N6S. The highest BCUT2D eigenvalue weighted by Gasteiger charge is 2.22. The number of aromatic nitrogens is 6. The molecule has 7 heteroatoms. The van der Waals surface area contributed by atoms with Crippen LogP contribution in [-0.2, 0) is 13.0 Å². The van der Waals surface area contributed by atoms with Gasteiger partial charge in [-0.3, -0.25) is 0 Å². The number of hydrogen-bond acceptors (Lipinski definition) is 4. The van der Waals surface area contributed by atoms with Crippen molar-refractivity contribution in [3.05, 3.63) is 22.9 Å². The summed E-state index contributed by atoms with van der Waals surface area (Å²) in [5, 5.41) is 10.9. The number of aromatic amines is 2. The molecule has 0 fully saturated rings. The van der Waals surface area contributed by atoms with Gasteiger partial charge in [-0.05, 0) is 19.3 Å². The van der Waals surface area contributed by atoms with Crippen LogP contribution >= 0.6 is 12.2 Å². The zero-order valence-electron chi connectivity index (χ0n) is 10.9. The molecule has 1 aliphatic heterocycles. The van der Waals surface area contributed by atoms with E-state index in [4.69, 9.17) is 12.2 Å². The molecule has 0 bridgehead atoms. The number of H-pyrrole nitrogens is 2. The van der Waals surface area contributed by atoms with Gasteiger partial charge in [0.25, 0.3) is 0 Å². The lowest BCUT2D eigenvalue weighted by molar-refractivity contribution is 0.647. The number of hydrogen-bond donors (Lipinski definition) is 2. The van der Waals surface area contributed by atoms with Crippen molar-refractivity contribution >= 4 is 23.3 Å². The number of fused-ring (bicyclic) bond motifs is 3. The molecule has 20 heavy (non-hydrogen) atoms. The van der Waals surface area contributed by atoms with Crippen molar-refractivity contribution in [1.29, 1.82) is 0 Å². The average molecular weight is 286 g/mol. The van der Waals surface area contributed by atoms with E-state index in [9.17, 15) is 0 Å². The third-order valence-electron chi connectivity index (χ3n) is 3.93. The molecule has 2 N–H and O–H groups in total. The molecule has 3 aromatic rings. The van der Waals surface area contributed by atoms with Crippen molar-refractivity contribution in [2.24, 2.45) is 0 Å². The van der Waals surface area contributed by atoms with Gasteiger partial charge in [0.05, 0.1) is 18.0 Å². The second kappa shape index (κ2) is 4.52. The van der Waals surface area contributed by atoms with E-state index < -0.39 is 0 Å². The number of nitrogens with one attached hydrogen (secondary N) is 2. The van der Waals surface area contributed by atoms with Gasteiger partial charge in [-0.15, -0.1) is 0 Å². The van der Waals surface area contributed by atoms with Gasteiger partial charge in [-0.1, -0.05) is 18.6 Å². The summed E-state index contributed by atoms with van der Waals surface area (Å²) in [4.78, 5) is 7.48. The summed E-state index contributed by atoms with van der Waals surface area (Å²) in [6.45, 7) is 0.993. The van der Waals surface area contributed by atoms with Crippen LogP contribution in [-0.4, -0.2) is 29.9 Å². The van der Waals surface area contributed by atoms with Crippen molar-refractivity contribution in [1.82, 2.24) is 29.9 Å². The van der Waals surface area contributed by atoms with Gasteiger partial charge in [-0.2, -0.15) is 15.4 Å².